The molecule has 0 aromatic carbocycles. The normalized spacial score (nSPS) is 13.8. The van der Waals surface area contributed by atoms with Crippen LogP contribution in [0.4, 0.5) is 4.79 Å². The van der Waals surface area contributed by atoms with Crippen molar-refractivity contribution in [3.63, 3.8) is 0 Å². The molecule has 0 bridgehead atoms. The lowest BCUT2D eigenvalue weighted by Crippen LogP contribution is -2.44. The summed E-state index contributed by atoms with van der Waals surface area (Å²) in [5.41, 5.74) is 0. The molecule has 118 valence electrons. The second kappa shape index (κ2) is 10.4. The van der Waals surface area contributed by atoms with E-state index in [0.717, 1.165) is 0 Å². The zero-order valence-corrected chi connectivity index (χ0v) is 12.6. The number of urea groups is 1. The van der Waals surface area contributed by atoms with E-state index in [2.05, 4.69) is 10.6 Å². The van der Waals surface area contributed by atoms with Gasteiger partial charge >= 0.3 is 12.0 Å². The number of amides is 2. The quantitative estimate of drug-likeness (QED) is 0.550. The number of ether oxygens (including phenoxy) is 2. The number of rotatable bonds is 10. The van der Waals surface area contributed by atoms with Crippen LogP contribution in [-0.4, -0.2) is 57.1 Å². The zero-order valence-electron chi connectivity index (χ0n) is 12.6. The van der Waals surface area contributed by atoms with Crippen LogP contribution >= 0.6 is 0 Å². The van der Waals surface area contributed by atoms with Gasteiger partial charge in [-0.2, -0.15) is 0 Å². The molecule has 0 saturated carbocycles. The van der Waals surface area contributed by atoms with Crippen LogP contribution in [0.3, 0.4) is 0 Å². The van der Waals surface area contributed by atoms with E-state index in [1.165, 1.54) is 7.11 Å². The standard InChI is InChI=1S/C13H26N2O5/c1-9(2)5-10(12(16)17)6-14-13(18)15-7-11(20-4)8-19-3/h9-11H,5-8H2,1-4H3,(H,16,17)(H2,14,15,18). The Balaban J connectivity index is 4.03. The first-order valence-corrected chi connectivity index (χ1v) is 6.66. The Hall–Kier alpha value is -1.34. The van der Waals surface area contributed by atoms with Gasteiger partial charge in [-0.25, -0.2) is 4.79 Å². The average Bonchev–Trinajstić information content (AvgIpc) is 2.38. The molecule has 0 spiro atoms. The number of hydrogen-bond donors (Lipinski definition) is 3. The first-order valence-electron chi connectivity index (χ1n) is 6.66. The van der Waals surface area contributed by atoms with E-state index in [1.54, 1.807) is 7.11 Å². The van der Waals surface area contributed by atoms with Gasteiger partial charge in [-0.1, -0.05) is 13.8 Å². The van der Waals surface area contributed by atoms with Gasteiger partial charge in [0.15, 0.2) is 0 Å². The molecule has 0 radical (unpaired) electrons. The van der Waals surface area contributed by atoms with Gasteiger partial charge in [0, 0.05) is 27.3 Å². The third-order valence-electron chi connectivity index (χ3n) is 2.79. The van der Waals surface area contributed by atoms with Gasteiger partial charge in [0.05, 0.1) is 18.6 Å². The summed E-state index contributed by atoms with van der Waals surface area (Å²) >= 11 is 0. The Morgan fingerprint density at radius 3 is 2.20 bits per heavy atom. The Bertz CT molecular complexity index is 296. The fourth-order valence-electron chi connectivity index (χ4n) is 1.72. The molecule has 2 atom stereocenters. The third-order valence-corrected chi connectivity index (χ3v) is 2.79. The SMILES string of the molecule is COCC(CNC(=O)NCC(CC(C)C)C(=O)O)OC. The third kappa shape index (κ3) is 8.71. The van der Waals surface area contributed by atoms with Crippen molar-refractivity contribution < 1.29 is 24.2 Å². The van der Waals surface area contributed by atoms with E-state index in [4.69, 9.17) is 14.6 Å². The highest BCUT2D eigenvalue weighted by Crippen LogP contribution is 2.10. The van der Waals surface area contributed by atoms with Crippen LogP contribution in [0.5, 0.6) is 0 Å². The summed E-state index contributed by atoms with van der Waals surface area (Å²) in [5, 5.41) is 14.2. The van der Waals surface area contributed by atoms with Gasteiger partial charge in [0.25, 0.3) is 0 Å². The van der Waals surface area contributed by atoms with Crippen LogP contribution in [0, 0.1) is 11.8 Å². The molecule has 0 fully saturated rings. The summed E-state index contributed by atoms with van der Waals surface area (Å²) in [4.78, 5) is 22.6. The largest absolute Gasteiger partial charge is 0.481 e. The summed E-state index contributed by atoms with van der Waals surface area (Å²) in [6.07, 6.45) is 0.302. The van der Waals surface area contributed by atoms with Crippen LogP contribution in [0.2, 0.25) is 0 Å². The lowest BCUT2D eigenvalue weighted by Gasteiger charge is -2.17. The van der Waals surface area contributed by atoms with Gasteiger partial charge in [0.2, 0.25) is 0 Å². The van der Waals surface area contributed by atoms with Gasteiger partial charge in [0.1, 0.15) is 0 Å². The topological polar surface area (TPSA) is 96.9 Å². The predicted octanol–water partition coefficient (Wildman–Crippen LogP) is 0.694. The molecule has 0 saturated heterocycles. The van der Waals surface area contributed by atoms with Crippen molar-refractivity contribution in [2.75, 3.05) is 33.9 Å². The minimum atomic E-state index is -0.895. The summed E-state index contributed by atoms with van der Waals surface area (Å²) in [6, 6.07) is -0.404. The summed E-state index contributed by atoms with van der Waals surface area (Å²) < 4.78 is 10.0. The second-order valence-electron chi connectivity index (χ2n) is 5.07. The van der Waals surface area contributed by atoms with Crippen LogP contribution in [-0.2, 0) is 14.3 Å². The summed E-state index contributed by atoms with van der Waals surface area (Å²) in [7, 11) is 3.09. The Morgan fingerprint density at radius 1 is 1.15 bits per heavy atom. The monoisotopic (exact) mass is 290 g/mol. The van der Waals surface area contributed by atoms with Crippen molar-refractivity contribution in [3.8, 4) is 0 Å². The molecule has 0 aromatic heterocycles. The first-order chi connectivity index (χ1) is 9.40. The highest BCUT2D eigenvalue weighted by molar-refractivity contribution is 5.75. The van der Waals surface area contributed by atoms with E-state index >= 15 is 0 Å². The number of carbonyl (C=O) groups is 2. The van der Waals surface area contributed by atoms with E-state index in [-0.39, 0.29) is 18.6 Å². The van der Waals surface area contributed by atoms with E-state index in [1.807, 2.05) is 13.8 Å². The number of hydrogen-bond acceptors (Lipinski definition) is 4. The second-order valence-corrected chi connectivity index (χ2v) is 5.07. The number of carboxylic acid groups (broad SMARTS) is 1. The van der Waals surface area contributed by atoms with Crippen LogP contribution in [0.25, 0.3) is 0 Å². The van der Waals surface area contributed by atoms with Crippen molar-refractivity contribution >= 4 is 12.0 Å². The van der Waals surface area contributed by atoms with Crippen molar-refractivity contribution in [1.82, 2.24) is 10.6 Å². The summed E-state index contributed by atoms with van der Waals surface area (Å²) in [6.45, 7) is 4.69. The van der Waals surface area contributed by atoms with Crippen LogP contribution in [0.15, 0.2) is 0 Å². The molecule has 0 heterocycles. The maximum absolute atomic E-state index is 11.6. The van der Waals surface area contributed by atoms with Crippen molar-refractivity contribution in [2.24, 2.45) is 11.8 Å². The molecule has 7 nitrogen and oxygen atoms in total. The fourth-order valence-corrected chi connectivity index (χ4v) is 1.72. The summed E-state index contributed by atoms with van der Waals surface area (Å²) in [5.74, 6) is -1.20. The number of aliphatic carboxylic acids is 1. The molecular weight excluding hydrogens is 264 g/mol. The highest BCUT2D eigenvalue weighted by Gasteiger charge is 2.19. The zero-order chi connectivity index (χ0) is 15.5. The maximum Gasteiger partial charge on any atom is 0.314 e. The molecule has 0 aliphatic carbocycles. The molecule has 0 aliphatic rings. The number of carboxylic acids is 1. The lowest BCUT2D eigenvalue weighted by atomic mass is 9.97. The Kier molecular flexibility index (Phi) is 9.75. The molecular formula is C13H26N2O5. The van der Waals surface area contributed by atoms with Crippen LogP contribution < -0.4 is 10.6 Å². The van der Waals surface area contributed by atoms with E-state index in [0.29, 0.717) is 19.6 Å². The van der Waals surface area contributed by atoms with Gasteiger partial charge < -0.3 is 25.2 Å². The predicted molar refractivity (Wildman–Crippen MR) is 74.7 cm³/mol. The number of methoxy groups -OCH3 is 2. The van der Waals surface area contributed by atoms with Crippen molar-refractivity contribution in [2.45, 2.75) is 26.4 Å². The number of nitrogens with one attached hydrogen (secondary N) is 2. The molecule has 20 heavy (non-hydrogen) atoms. The Morgan fingerprint density at radius 2 is 1.75 bits per heavy atom. The highest BCUT2D eigenvalue weighted by atomic mass is 16.5. The minimum Gasteiger partial charge on any atom is -0.481 e. The molecule has 0 aromatic rings. The number of carbonyl (C=O) groups excluding carboxylic acids is 1. The van der Waals surface area contributed by atoms with Gasteiger partial charge in [-0.05, 0) is 12.3 Å². The van der Waals surface area contributed by atoms with Crippen molar-refractivity contribution in [1.29, 1.82) is 0 Å². The fraction of sp³-hybridized carbons (Fsp3) is 0.846. The van der Waals surface area contributed by atoms with Crippen LogP contribution in [0.1, 0.15) is 20.3 Å². The smallest absolute Gasteiger partial charge is 0.314 e. The average molecular weight is 290 g/mol. The first kappa shape index (κ1) is 18.7. The molecule has 2 amide bonds. The molecule has 0 rings (SSSR count). The molecule has 2 unspecified atom stereocenters. The van der Waals surface area contributed by atoms with Gasteiger partial charge in [-0.15, -0.1) is 0 Å². The van der Waals surface area contributed by atoms with Gasteiger partial charge in [-0.3, -0.25) is 4.79 Å². The molecule has 0 aliphatic heterocycles. The van der Waals surface area contributed by atoms with E-state index < -0.39 is 17.9 Å². The Labute approximate surface area is 120 Å². The minimum absolute atomic E-state index is 0.112. The van der Waals surface area contributed by atoms with E-state index in [9.17, 15) is 9.59 Å². The maximum atomic E-state index is 11.6. The lowest BCUT2D eigenvalue weighted by molar-refractivity contribution is -0.142. The molecule has 7 heteroatoms. The van der Waals surface area contributed by atoms with Crippen molar-refractivity contribution in [3.05, 3.63) is 0 Å². The molecule has 3 N–H and O–H groups in total.